The Balaban J connectivity index is 1.44. The third-order valence-electron chi connectivity index (χ3n) is 8.62. The minimum Gasteiger partial charge on any atom is -0.444 e. The van der Waals surface area contributed by atoms with Gasteiger partial charge in [0.1, 0.15) is 17.2 Å². The van der Waals surface area contributed by atoms with Crippen LogP contribution in [-0.4, -0.2) is 51.3 Å². The van der Waals surface area contributed by atoms with Gasteiger partial charge in [0.15, 0.2) is 5.82 Å². The molecule has 1 fully saturated rings. The first-order chi connectivity index (χ1) is 20.8. The van der Waals surface area contributed by atoms with Crippen LogP contribution < -0.4 is 5.69 Å². The minimum absolute atomic E-state index is 0.0824. The Morgan fingerprint density at radius 1 is 1.02 bits per heavy atom. The number of carbonyl (C=O) groups excluding carboxylic acids is 1. The number of amides is 1. The van der Waals surface area contributed by atoms with E-state index in [0.717, 1.165) is 17.7 Å². The van der Waals surface area contributed by atoms with Crippen molar-refractivity contribution in [2.75, 3.05) is 0 Å². The van der Waals surface area contributed by atoms with Crippen LogP contribution in [0.5, 0.6) is 0 Å². The van der Waals surface area contributed by atoms with E-state index in [0.29, 0.717) is 46.4 Å². The highest BCUT2D eigenvalue weighted by molar-refractivity contribution is 5.81. The van der Waals surface area contributed by atoms with Crippen LogP contribution in [0.25, 0.3) is 28.1 Å². The van der Waals surface area contributed by atoms with Gasteiger partial charge in [0.25, 0.3) is 0 Å². The first-order valence-electron chi connectivity index (χ1n) is 14.6. The van der Waals surface area contributed by atoms with Crippen molar-refractivity contribution in [2.24, 2.45) is 7.05 Å². The molecule has 5 aromatic rings. The number of carbonyl (C=O) groups is 1. The molecule has 0 spiro atoms. The van der Waals surface area contributed by atoms with E-state index in [4.69, 9.17) is 9.84 Å². The fraction of sp³-hybridized carbons (Fsp3) is 0.375. The van der Waals surface area contributed by atoms with Crippen molar-refractivity contribution >= 4 is 17.0 Å². The van der Waals surface area contributed by atoms with Crippen molar-refractivity contribution in [1.29, 1.82) is 0 Å². The van der Waals surface area contributed by atoms with Gasteiger partial charge < -0.3 is 4.74 Å². The van der Waals surface area contributed by atoms with Gasteiger partial charge in [-0.1, -0.05) is 0 Å². The molecule has 5 heterocycles. The number of aromatic nitrogens is 6. The monoisotopic (exact) mass is 601 g/mol. The average molecular weight is 602 g/mol. The maximum Gasteiger partial charge on any atom is 0.411 e. The summed E-state index contributed by atoms with van der Waals surface area (Å²) in [6.07, 6.45) is 6.01. The summed E-state index contributed by atoms with van der Waals surface area (Å²) in [7, 11) is 1.72. The Hall–Kier alpha value is -4.74. The predicted octanol–water partition coefficient (Wildman–Crippen LogP) is 5.59. The molecule has 7 rings (SSSR count). The maximum absolute atomic E-state index is 15.7. The number of hydrogen-bond acceptors (Lipinski definition) is 5. The molecule has 2 aliphatic rings. The van der Waals surface area contributed by atoms with Gasteiger partial charge in [-0.25, -0.2) is 23.1 Å². The van der Waals surface area contributed by atoms with Gasteiger partial charge in [-0.2, -0.15) is 10.2 Å². The van der Waals surface area contributed by atoms with Crippen LogP contribution in [0, 0.1) is 25.5 Å². The molecule has 1 saturated heterocycles. The molecular weight excluding hydrogens is 568 g/mol. The first kappa shape index (κ1) is 28.1. The lowest BCUT2D eigenvalue weighted by Crippen LogP contribution is -2.44. The zero-order valence-electron chi connectivity index (χ0n) is 25.4. The summed E-state index contributed by atoms with van der Waals surface area (Å²) in [4.78, 5) is 29.4. The van der Waals surface area contributed by atoms with Crippen LogP contribution in [-0.2, 0) is 18.2 Å². The summed E-state index contributed by atoms with van der Waals surface area (Å²) in [5, 5.41) is 9.41. The van der Waals surface area contributed by atoms with Gasteiger partial charge in [-0.15, -0.1) is 0 Å². The van der Waals surface area contributed by atoms with Gasteiger partial charge in [-0.05, 0) is 82.9 Å². The molecule has 0 radical (unpaired) electrons. The van der Waals surface area contributed by atoms with E-state index in [-0.39, 0.29) is 23.6 Å². The zero-order chi connectivity index (χ0) is 31.2. The largest absolute Gasteiger partial charge is 0.444 e. The van der Waals surface area contributed by atoms with E-state index in [1.165, 1.54) is 21.5 Å². The molecular formula is C32H33F2N7O3. The molecule has 0 N–H and O–H groups in total. The third-order valence-corrected chi connectivity index (χ3v) is 8.62. The van der Waals surface area contributed by atoms with Crippen molar-refractivity contribution in [2.45, 2.75) is 71.6 Å². The van der Waals surface area contributed by atoms with Crippen molar-refractivity contribution in [3.05, 3.63) is 87.4 Å². The number of benzene rings is 2. The minimum atomic E-state index is -0.680. The summed E-state index contributed by atoms with van der Waals surface area (Å²) < 4.78 is 42.1. The van der Waals surface area contributed by atoms with Crippen molar-refractivity contribution in [1.82, 2.24) is 33.6 Å². The quantitative estimate of drug-likeness (QED) is 0.269. The van der Waals surface area contributed by atoms with Crippen LogP contribution >= 0.6 is 0 Å². The second-order valence-electron chi connectivity index (χ2n) is 12.7. The normalized spacial score (nSPS) is 17.9. The smallest absolute Gasteiger partial charge is 0.411 e. The highest BCUT2D eigenvalue weighted by Gasteiger charge is 2.48. The zero-order valence-corrected chi connectivity index (χ0v) is 25.4. The second kappa shape index (κ2) is 9.63. The molecule has 1 amide bonds. The average Bonchev–Trinajstić information content (AvgIpc) is 3.70. The molecule has 2 atom stereocenters. The molecule has 44 heavy (non-hydrogen) atoms. The van der Waals surface area contributed by atoms with E-state index >= 15 is 4.39 Å². The number of imidazole rings is 1. The molecule has 2 aliphatic heterocycles. The number of nitrogens with zero attached hydrogens (tertiary/aromatic N) is 7. The summed E-state index contributed by atoms with van der Waals surface area (Å²) in [6.45, 7) is 8.85. The first-order valence-corrected chi connectivity index (χ1v) is 14.6. The summed E-state index contributed by atoms with van der Waals surface area (Å²) >= 11 is 0. The fourth-order valence-electron chi connectivity index (χ4n) is 6.69. The molecule has 10 nitrogen and oxygen atoms in total. The highest BCUT2D eigenvalue weighted by Crippen LogP contribution is 2.47. The SMILES string of the molecule is Cc1cc(-n2nc3c(c2-n2ccn(-c4ccc5c(cnn5C)c4F)c2=O)[C@@H]2CC[C@H](C3)N2C(=O)OC(C)(C)C)cc(C)c1F. The number of halogens is 2. The van der Waals surface area contributed by atoms with Gasteiger partial charge >= 0.3 is 11.8 Å². The Morgan fingerprint density at radius 2 is 1.73 bits per heavy atom. The van der Waals surface area contributed by atoms with Crippen molar-refractivity contribution in [3.8, 4) is 17.2 Å². The number of fused-ring (bicyclic) bond motifs is 5. The number of ether oxygens (including phenoxy) is 1. The maximum atomic E-state index is 15.7. The Morgan fingerprint density at radius 3 is 2.43 bits per heavy atom. The van der Waals surface area contributed by atoms with Gasteiger partial charge in [-0.3, -0.25) is 18.7 Å². The number of aryl methyl sites for hydroxylation is 3. The standard InChI is InChI=1S/C32H33F2N7O3/c1-17-13-20(14-18(2)27(17)33)41-29(26-22(36-41)15-19-7-8-24(26)40(19)31(43)44-32(3,4)5)39-12-11-38(30(39)42)25-10-9-23-21(28(25)34)16-35-37(23)6/h9-14,16,19,24H,7-8,15H2,1-6H3/t19-,24+/m1/s1. The van der Waals surface area contributed by atoms with Crippen LogP contribution in [0.15, 0.2) is 47.7 Å². The molecule has 12 heteroatoms. The van der Waals surface area contributed by atoms with Crippen LogP contribution in [0.3, 0.4) is 0 Å². The lowest BCUT2D eigenvalue weighted by molar-refractivity contribution is 0.0124. The van der Waals surface area contributed by atoms with Gasteiger partial charge in [0, 0.05) is 37.5 Å². The van der Waals surface area contributed by atoms with E-state index in [1.807, 2.05) is 20.8 Å². The third kappa shape index (κ3) is 4.18. The lowest BCUT2D eigenvalue weighted by atomic mass is 9.99. The Bertz CT molecular complexity index is 2020. The number of rotatable bonds is 3. The van der Waals surface area contributed by atoms with Crippen molar-refractivity contribution in [3.63, 3.8) is 0 Å². The Kier molecular flexibility index (Phi) is 6.14. The van der Waals surface area contributed by atoms with E-state index in [2.05, 4.69) is 5.10 Å². The highest BCUT2D eigenvalue weighted by atomic mass is 19.1. The summed E-state index contributed by atoms with van der Waals surface area (Å²) in [6, 6.07) is 6.16. The van der Waals surface area contributed by atoms with Crippen LogP contribution in [0.2, 0.25) is 0 Å². The summed E-state index contributed by atoms with van der Waals surface area (Å²) in [5.41, 5.74) is 2.43. The van der Waals surface area contributed by atoms with Gasteiger partial charge in [0.05, 0.1) is 40.2 Å². The summed E-state index contributed by atoms with van der Waals surface area (Å²) in [5.74, 6) is -0.451. The Labute approximate surface area is 252 Å². The van der Waals surface area contributed by atoms with Crippen LogP contribution in [0.1, 0.15) is 62.0 Å². The topological polar surface area (TPSA) is 92.1 Å². The molecule has 0 aliphatic carbocycles. The molecule has 2 aromatic carbocycles. The molecule has 2 bridgehead atoms. The van der Waals surface area contributed by atoms with Crippen LogP contribution in [0.4, 0.5) is 13.6 Å². The van der Waals surface area contributed by atoms with Crippen molar-refractivity contribution < 1.29 is 18.3 Å². The van der Waals surface area contributed by atoms with E-state index < -0.39 is 23.2 Å². The van der Waals surface area contributed by atoms with E-state index in [1.54, 1.807) is 65.6 Å². The number of hydrogen-bond donors (Lipinski definition) is 0. The lowest BCUT2D eigenvalue weighted by Gasteiger charge is -2.35. The predicted molar refractivity (Wildman–Crippen MR) is 160 cm³/mol. The fourth-order valence-corrected chi connectivity index (χ4v) is 6.69. The molecule has 0 unspecified atom stereocenters. The molecule has 3 aromatic heterocycles. The van der Waals surface area contributed by atoms with E-state index in [9.17, 15) is 14.0 Å². The second-order valence-corrected chi connectivity index (χ2v) is 12.7. The van der Waals surface area contributed by atoms with Gasteiger partial charge in [0.2, 0.25) is 0 Å². The molecule has 228 valence electrons. The molecule has 0 saturated carbocycles.